The summed E-state index contributed by atoms with van der Waals surface area (Å²) in [5.41, 5.74) is 5.12. The second-order valence-corrected chi connectivity index (χ2v) is 8.37. The molecule has 0 saturated carbocycles. The molecule has 8 heteroatoms. The summed E-state index contributed by atoms with van der Waals surface area (Å²) in [4.78, 5) is 8.93. The molecule has 0 radical (unpaired) electrons. The zero-order chi connectivity index (χ0) is 19.3. The molecule has 152 valence electrons. The van der Waals surface area contributed by atoms with Crippen LogP contribution in [0.25, 0.3) is 27.0 Å². The molecule has 29 heavy (non-hydrogen) atoms. The first kappa shape index (κ1) is 20.1. The molecule has 3 aromatic heterocycles. The number of halogens is 2. The molecule has 0 aliphatic carbocycles. The highest BCUT2D eigenvalue weighted by atomic mass is 35.5. The van der Waals surface area contributed by atoms with Gasteiger partial charge in [0.1, 0.15) is 17.3 Å². The fourth-order valence-corrected chi connectivity index (χ4v) is 4.73. The molecule has 0 bridgehead atoms. The van der Waals surface area contributed by atoms with E-state index >= 15 is 0 Å². The number of imidazole rings is 1. The molecule has 4 aromatic rings. The van der Waals surface area contributed by atoms with Crippen LogP contribution in [0.5, 0.6) is 5.19 Å². The number of ether oxygens (including phenoxy) is 1. The molecule has 0 amide bonds. The molecule has 4 heterocycles. The Morgan fingerprint density at radius 1 is 1.10 bits per heavy atom. The molecule has 1 aliphatic heterocycles. The van der Waals surface area contributed by atoms with Crippen molar-refractivity contribution in [1.82, 2.24) is 19.7 Å². The predicted octanol–water partition coefficient (Wildman–Crippen LogP) is 4.92. The third-order valence-corrected chi connectivity index (χ3v) is 6.06. The van der Waals surface area contributed by atoms with Crippen LogP contribution in [-0.2, 0) is 0 Å². The standard InChI is InChI=1S/C21H21FN4OS.ClH/c1-12-7-15(11-26-10-13(2)24-20(12)26)14-8-17(22)19-18(9-14)28-21(25-19)27-16-3-5-23-6-4-16;/h7-11,16,23H,3-6H2,1-2H3;1H. The molecule has 1 fully saturated rings. The van der Waals surface area contributed by atoms with E-state index in [2.05, 4.69) is 21.4 Å². The normalized spacial score (nSPS) is 15.0. The Morgan fingerprint density at radius 3 is 2.69 bits per heavy atom. The van der Waals surface area contributed by atoms with Crippen LogP contribution in [0.1, 0.15) is 24.1 Å². The van der Waals surface area contributed by atoms with Gasteiger partial charge in [-0.15, -0.1) is 12.4 Å². The smallest absolute Gasteiger partial charge is 0.274 e. The number of nitrogens with zero attached hydrogens (tertiary/aromatic N) is 3. The summed E-state index contributed by atoms with van der Waals surface area (Å²) in [6.07, 6.45) is 6.04. The van der Waals surface area contributed by atoms with Gasteiger partial charge in [-0.2, -0.15) is 4.98 Å². The Bertz CT molecular complexity index is 1180. The number of aryl methyl sites for hydroxylation is 2. The summed E-state index contributed by atoms with van der Waals surface area (Å²) < 4.78 is 23.6. The van der Waals surface area contributed by atoms with E-state index < -0.39 is 0 Å². The predicted molar refractivity (Wildman–Crippen MR) is 117 cm³/mol. The number of rotatable bonds is 3. The fourth-order valence-electron chi connectivity index (χ4n) is 3.79. The molecular formula is C21H22ClFN4OS. The molecule has 5 nitrogen and oxygen atoms in total. The Labute approximate surface area is 178 Å². The quantitative estimate of drug-likeness (QED) is 0.499. The summed E-state index contributed by atoms with van der Waals surface area (Å²) in [5, 5.41) is 3.87. The minimum Gasteiger partial charge on any atom is -0.467 e. The van der Waals surface area contributed by atoms with Crippen LogP contribution in [0.2, 0.25) is 0 Å². The topological polar surface area (TPSA) is 51.5 Å². The van der Waals surface area contributed by atoms with Gasteiger partial charge in [-0.3, -0.25) is 0 Å². The van der Waals surface area contributed by atoms with E-state index in [0.717, 1.165) is 58.7 Å². The minimum atomic E-state index is -0.316. The van der Waals surface area contributed by atoms with Crippen LogP contribution < -0.4 is 10.1 Å². The zero-order valence-electron chi connectivity index (χ0n) is 16.2. The fraction of sp³-hybridized carbons (Fsp3) is 0.333. The summed E-state index contributed by atoms with van der Waals surface area (Å²) in [7, 11) is 0. The number of fused-ring (bicyclic) bond motifs is 2. The van der Waals surface area contributed by atoms with Crippen molar-refractivity contribution in [2.75, 3.05) is 13.1 Å². The van der Waals surface area contributed by atoms with Crippen LogP contribution in [-0.4, -0.2) is 33.6 Å². The third kappa shape index (κ3) is 3.82. The molecule has 1 aliphatic rings. The van der Waals surface area contributed by atoms with E-state index in [9.17, 15) is 4.39 Å². The summed E-state index contributed by atoms with van der Waals surface area (Å²) in [5.74, 6) is -0.316. The minimum absolute atomic E-state index is 0. The lowest BCUT2D eigenvalue weighted by molar-refractivity contribution is 0.162. The molecule has 0 atom stereocenters. The van der Waals surface area contributed by atoms with E-state index in [1.807, 2.05) is 36.7 Å². The Morgan fingerprint density at radius 2 is 1.90 bits per heavy atom. The highest BCUT2D eigenvalue weighted by Gasteiger charge is 2.18. The van der Waals surface area contributed by atoms with Crippen molar-refractivity contribution in [3.05, 3.63) is 47.7 Å². The summed E-state index contributed by atoms with van der Waals surface area (Å²) >= 11 is 1.41. The van der Waals surface area contributed by atoms with E-state index in [0.29, 0.717) is 10.7 Å². The van der Waals surface area contributed by atoms with Crippen molar-refractivity contribution >= 4 is 39.6 Å². The number of hydrogen-bond acceptors (Lipinski definition) is 5. The number of piperidine rings is 1. The van der Waals surface area contributed by atoms with Crippen molar-refractivity contribution in [3.63, 3.8) is 0 Å². The first-order valence-corrected chi connectivity index (χ1v) is 10.3. The number of aromatic nitrogens is 3. The maximum Gasteiger partial charge on any atom is 0.274 e. The van der Waals surface area contributed by atoms with Gasteiger partial charge in [0.2, 0.25) is 0 Å². The molecule has 0 spiro atoms. The van der Waals surface area contributed by atoms with E-state index in [1.165, 1.54) is 11.3 Å². The maximum atomic E-state index is 14.8. The van der Waals surface area contributed by atoms with Gasteiger partial charge in [-0.1, -0.05) is 11.3 Å². The number of benzene rings is 1. The highest BCUT2D eigenvalue weighted by Crippen LogP contribution is 2.35. The largest absolute Gasteiger partial charge is 0.467 e. The number of hydrogen-bond donors (Lipinski definition) is 1. The SMILES string of the molecule is Cc1cn2cc(-c3cc(F)c4nc(OC5CCNCC5)sc4c3)cc(C)c2n1.Cl. The van der Waals surface area contributed by atoms with Crippen molar-refractivity contribution in [2.45, 2.75) is 32.8 Å². The number of thiazole rings is 1. The van der Waals surface area contributed by atoms with Crippen LogP contribution in [0.4, 0.5) is 4.39 Å². The van der Waals surface area contributed by atoms with Crippen molar-refractivity contribution < 1.29 is 9.13 Å². The lowest BCUT2D eigenvalue weighted by Gasteiger charge is -2.22. The molecular weight excluding hydrogens is 411 g/mol. The van der Waals surface area contributed by atoms with E-state index in [-0.39, 0.29) is 24.3 Å². The number of nitrogens with one attached hydrogen (secondary N) is 1. The Hall–Kier alpha value is -2.22. The third-order valence-electron chi connectivity index (χ3n) is 5.17. The van der Waals surface area contributed by atoms with Crippen molar-refractivity contribution in [2.24, 2.45) is 0 Å². The van der Waals surface area contributed by atoms with Gasteiger partial charge in [-0.25, -0.2) is 9.37 Å². The van der Waals surface area contributed by atoms with E-state index in [1.54, 1.807) is 6.07 Å². The first-order valence-electron chi connectivity index (χ1n) is 9.50. The Kier molecular flexibility index (Phi) is 5.46. The summed E-state index contributed by atoms with van der Waals surface area (Å²) in [6.45, 7) is 5.89. The van der Waals surface area contributed by atoms with Gasteiger partial charge < -0.3 is 14.5 Å². The lowest BCUT2D eigenvalue weighted by Crippen LogP contribution is -2.34. The van der Waals surface area contributed by atoms with Crippen LogP contribution >= 0.6 is 23.7 Å². The highest BCUT2D eigenvalue weighted by molar-refractivity contribution is 7.20. The zero-order valence-corrected chi connectivity index (χ0v) is 17.9. The molecule has 1 aromatic carbocycles. The van der Waals surface area contributed by atoms with Crippen molar-refractivity contribution in [3.8, 4) is 16.3 Å². The second-order valence-electron chi connectivity index (χ2n) is 7.38. The maximum absolute atomic E-state index is 14.8. The van der Waals surface area contributed by atoms with Gasteiger partial charge in [0.15, 0.2) is 5.82 Å². The van der Waals surface area contributed by atoms with Crippen LogP contribution in [0.3, 0.4) is 0 Å². The van der Waals surface area contributed by atoms with Crippen molar-refractivity contribution in [1.29, 1.82) is 0 Å². The van der Waals surface area contributed by atoms with E-state index in [4.69, 9.17) is 4.74 Å². The number of pyridine rings is 1. The van der Waals surface area contributed by atoms with Gasteiger partial charge in [0.25, 0.3) is 5.19 Å². The lowest BCUT2D eigenvalue weighted by atomic mass is 10.1. The Balaban J connectivity index is 0.00000205. The summed E-state index contributed by atoms with van der Waals surface area (Å²) in [6, 6.07) is 5.60. The molecule has 1 N–H and O–H groups in total. The first-order chi connectivity index (χ1) is 13.6. The van der Waals surface area contributed by atoms with Gasteiger partial charge in [0, 0.05) is 12.4 Å². The molecule has 1 saturated heterocycles. The monoisotopic (exact) mass is 432 g/mol. The van der Waals surface area contributed by atoms with Gasteiger partial charge in [-0.05, 0) is 74.7 Å². The average Bonchev–Trinajstić information content (AvgIpc) is 3.25. The average molecular weight is 433 g/mol. The molecule has 5 rings (SSSR count). The molecule has 0 unspecified atom stereocenters. The van der Waals surface area contributed by atoms with Gasteiger partial charge >= 0.3 is 0 Å². The van der Waals surface area contributed by atoms with Gasteiger partial charge in [0.05, 0.1) is 10.4 Å². The van der Waals surface area contributed by atoms with Crippen LogP contribution in [0, 0.1) is 19.7 Å². The van der Waals surface area contributed by atoms with Crippen LogP contribution in [0.15, 0.2) is 30.6 Å². The second kappa shape index (κ2) is 7.89.